The Morgan fingerprint density at radius 1 is 1.11 bits per heavy atom. The Balaban J connectivity index is 1.82. The summed E-state index contributed by atoms with van der Waals surface area (Å²) in [6.45, 7) is 5.15. The van der Waals surface area contributed by atoms with Gasteiger partial charge in [-0.25, -0.2) is 4.79 Å². The summed E-state index contributed by atoms with van der Waals surface area (Å²) < 4.78 is 10.5. The van der Waals surface area contributed by atoms with Crippen LogP contribution in [0.5, 0.6) is 5.75 Å². The summed E-state index contributed by atoms with van der Waals surface area (Å²) in [5.41, 5.74) is 2.65. The van der Waals surface area contributed by atoms with Crippen LogP contribution in [0.1, 0.15) is 43.0 Å². The molecule has 2 atom stereocenters. The molecule has 0 aliphatic carbocycles. The van der Waals surface area contributed by atoms with E-state index in [0.717, 1.165) is 17.5 Å². The maximum atomic E-state index is 12.1. The zero-order valence-corrected chi connectivity index (χ0v) is 16.3. The van der Waals surface area contributed by atoms with Gasteiger partial charge in [0.2, 0.25) is 0 Å². The minimum Gasteiger partial charge on any atom is -0.479 e. The van der Waals surface area contributed by atoms with E-state index in [1.807, 2.05) is 44.2 Å². The molecule has 0 bridgehead atoms. The second-order valence-electron chi connectivity index (χ2n) is 6.44. The maximum Gasteiger partial charge on any atom is 0.347 e. The Bertz CT molecular complexity index is 838. The Morgan fingerprint density at radius 2 is 1.75 bits per heavy atom. The molecule has 0 heterocycles. The normalized spacial score (nSPS) is 12.4. The predicted molar refractivity (Wildman–Crippen MR) is 105 cm³/mol. The van der Waals surface area contributed by atoms with Gasteiger partial charge in [0, 0.05) is 0 Å². The lowest BCUT2D eigenvalue weighted by Gasteiger charge is -2.18. The molecular formula is C22H24N2O4. The van der Waals surface area contributed by atoms with Crippen molar-refractivity contribution in [2.24, 2.45) is 0 Å². The van der Waals surface area contributed by atoms with E-state index in [-0.39, 0.29) is 18.6 Å². The van der Waals surface area contributed by atoms with Crippen LogP contribution in [0, 0.1) is 18.3 Å². The molecular weight excluding hydrogens is 356 g/mol. The van der Waals surface area contributed by atoms with E-state index in [0.29, 0.717) is 11.3 Å². The van der Waals surface area contributed by atoms with Gasteiger partial charge >= 0.3 is 5.97 Å². The molecule has 0 aliphatic rings. The monoisotopic (exact) mass is 380 g/mol. The number of nitrogens with zero attached hydrogens (tertiary/aromatic N) is 1. The van der Waals surface area contributed by atoms with E-state index in [4.69, 9.17) is 14.7 Å². The van der Waals surface area contributed by atoms with Crippen molar-refractivity contribution in [2.45, 2.75) is 39.3 Å². The molecule has 0 aromatic heterocycles. The SMILES string of the molecule is CC[C@@H](NC(=O)COC(=O)[C@H](C)Oc1ccc(C#N)cc1)c1ccc(C)cc1. The van der Waals surface area contributed by atoms with E-state index >= 15 is 0 Å². The molecule has 28 heavy (non-hydrogen) atoms. The smallest absolute Gasteiger partial charge is 0.347 e. The van der Waals surface area contributed by atoms with Crippen molar-refractivity contribution in [3.8, 4) is 11.8 Å². The molecule has 1 N–H and O–H groups in total. The van der Waals surface area contributed by atoms with Crippen LogP contribution in [0.4, 0.5) is 0 Å². The third kappa shape index (κ3) is 6.13. The maximum absolute atomic E-state index is 12.1. The first-order valence-electron chi connectivity index (χ1n) is 9.12. The Labute approximate surface area is 165 Å². The van der Waals surface area contributed by atoms with Crippen molar-refractivity contribution >= 4 is 11.9 Å². The molecule has 2 aromatic rings. The molecule has 0 fully saturated rings. The summed E-state index contributed by atoms with van der Waals surface area (Å²) in [6, 6.07) is 16.2. The number of hydrogen-bond acceptors (Lipinski definition) is 5. The van der Waals surface area contributed by atoms with Gasteiger partial charge in [0.25, 0.3) is 5.91 Å². The molecule has 2 rings (SSSR count). The van der Waals surface area contributed by atoms with Gasteiger partial charge in [-0.3, -0.25) is 4.79 Å². The van der Waals surface area contributed by atoms with Crippen LogP contribution in [0.2, 0.25) is 0 Å². The molecule has 146 valence electrons. The largest absolute Gasteiger partial charge is 0.479 e. The van der Waals surface area contributed by atoms with Gasteiger partial charge in [-0.2, -0.15) is 5.26 Å². The average Bonchev–Trinajstić information content (AvgIpc) is 2.71. The number of carbonyl (C=O) groups excluding carboxylic acids is 2. The first-order valence-corrected chi connectivity index (χ1v) is 9.12. The number of rotatable bonds is 8. The summed E-state index contributed by atoms with van der Waals surface area (Å²) in [7, 11) is 0. The van der Waals surface area contributed by atoms with Crippen molar-refractivity contribution in [3.05, 3.63) is 65.2 Å². The van der Waals surface area contributed by atoms with E-state index < -0.39 is 12.1 Å². The highest BCUT2D eigenvalue weighted by Gasteiger charge is 2.19. The molecule has 2 aromatic carbocycles. The van der Waals surface area contributed by atoms with Crippen molar-refractivity contribution in [1.82, 2.24) is 5.32 Å². The summed E-state index contributed by atoms with van der Waals surface area (Å²) in [6.07, 6.45) is -0.152. The van der Waals surface area contributed by atoms with Crippen LogP contribution >= 0.6 is 0 Å². The fourth-order valence-corrected chi connectivity index (χ4v) is 2.57. The number of nitrogens with one attached hydrogen (secondary N) is 1. The molecule has 0 saturated heterocycles. The summed E-state index contributed by atoms with van der Waals surface area (Å²) in [5.74, 6) is -0.562. The Kier molecular flexibility index (Phi) is 7.58. The van der Waals surface area contributed by atoms with Crippen LogP contribution in [0.3, 0.4) is 0 Å². The molecule has 6 heteroatoms. The van der Waals surface area contributed by atoms with Gasteiger partial charge in [-0.15, -0.1) is 0 Å². The van der Waals surface area contributed by atoms with Crippen LogP contribution < -0.4 is 10.1 Å². The number of hydrogen-bond donors (Lipinski definition) is 1. The average molecular weight is 380 g/mol. The van der Waals surface area contributed by atoms with Crippen LogP contribution in [-0.4, -0.2) is 24.6 Å². The highest BCUT2D eigenvalue weighted by Crippen LogP contribution is 2.17. The predicted octanol–water partition coefficient (Wildman–Crippen LogP) is 3.44. The third-order valence-corrected chi connectivity index (χ3v) is 4.20. The molecule has 0 radical (unpaired) electrons. The molecule has 0 saturated carbocycles. The lowest BCUT2D eigenvalue weighted by atomic mass is 10.0. The van der Waals surface area contributed by atoms with Gasteiger partial charge in [0.1, 0.15) is 5.75 Å². The third-order valence-electron chi connectivity index (χ3n) is 4.20. The van der Waals surface area contributed by atoms with Gasteiger partial charge in [0.05, 0.1) is 17.7 Å². The summed E-state index contributed by atoms with van der Waals surface area (Å²) >= 11 is 0. The minimum atomic E-state index is -0.875. The Hall–Kier alpha value is -3.33. The molecule has 1 amide bonds. The zero-order valence-electron chi connectivity index (χ0n) is 16.3. The number of nitriles is 1. The van der Waals surface area contributed by atoms with Gasteiger partial charge in [-0.05, 0) is 50.1 Å². The van der Waals surface area contributed by atoms with E-state index in [1.54, 1.807) is 31.2 Å². The molecule has 0 unspecified atom stereocenters. The van der Waals surface area contributed by atoms with Gasteiger partial charge in [-0.1, -0.05) is 36.8 Å². The lowest BCUT2D eigenvalue weighted by molar-refractivity contribution is -0.154. The van der Waals surface area contributed by atoms with Crippen molar-refractivity contribution < 1.29 is 19.1 Å². The van der Waals surface area contributed by atoms with Crippen LogP contribution in [0.25, 0.3) is 0 Å². The lowest BCUT2D eigenvalue weighted by Crippen LogP contribution is -2.34. The summed E-state index contributed by atoms with van der Waals surface area (Å²) in [5, 5.41) is 11.7. The van der Waals surface area contributed by atoms with Gasteiger partial charge < -0.3 is 14.8 Å². The highest BCUT2D eigenvalue weighted by atomic mass is 16.6. The molecule has 6 nitrogen and oxygen atoms in total. The zero-order chi connectivity index (χ0) is 20.5. The van der Waals surface area contributed by atoms with E-state index in [1.165, 1.54) is 0 Å². The second-order valence-corrected chi connectivity index (χ2v) is 6.44. The molecule has 0 spiro atoms. The highest BCUT2D eigenvalue weighted by molar-refractivity contribution is 5.82. The topological polar surface area (TPSA) is 88.4 Å². The van der Waals surface area contributed by atoms with E-state index in [9.17, 15) is 9.59 Å². The number of aryl methyl sites for hydroxylation is 1. The second kappa shape index (κ2) is 10.1. The standard InChI is InChI=1S/C22H24N2O4/c1-4-20(18-9-5-15(2)6-10-18)24-21(25)14-27-22(26)16(3)28-19-11-7-17(13-23)8-12-19/h5-12,16,20H,4,14H2,1-3H3,(H,24,25)/t16-,20+/m0/s1. The number of ether oxygens (including phenoxy) is 2. The van der Waals surface area contributed by atoms with Crippen LogP contribution in [0.15, 0.2) is 48.5 Å². The quantitative estimate of drug-likeness (QED) is 0.709. The number of carbonyl (C=O) groups is 2. The number of esters is 1. The van der Waals surface area contributed by atoms with E-state index in [2.05, 4.69) is 5.32 Å². The van der Waals surface area contributed by atoms with Crippen molar-refractivity contribution in [1.29, 1.82) is 5.26 Å². The fraction of sp³-hybridized carbons (Fsp3) is 0.318. The summed E-state index contributed by atoms with van der Waals surface area (Å²) in [4.78, 5) is 24.2. The number of benzene rings is 2. The van der Waals surface area contributed by atoms with Crippen molar-refractivity contribution in [2.75, 3.05) is 6.61 Å². The van der Waals surface area contributed by atoms with Crippen LogP contribution in [-0.2, 0) is 14.3 Å². The number of amides is 1. The van der Waals surface area contributed by atoms with Gasteiger partial charge in [0.15, 0.2) is 12.7 Å². The first kappa shape index (κ1) is 21.0. The Morgan fingerprint density at radius 3 is 2.32 bits per heavy atom. The fourth-order valence-electron chi connectivity index (χ4n) is 2.57. The van der Waals surface area contributed by atoms with Crippen molar-refractivity contribution in [3.63, 3.8) is 0 Å². The first-order chi connectivity index (χ1) is 13.4. The molecule has 0 aliphatic heterocycles. The minimum absolute atomic E-state index is 0.140.